The maximum absolute atomic E-state index is 12.6. The van der Waals surface area contributed by atoms with Crippen molar-refractivity contribution in [2.24, 2.45) is 4.99 Å². The molecule has 0 radical (unpaired) electrons. The molecule has 0 amide bonds. The van der Waals surface area contributed by atoms with Crippen LogP contribution in [0.2, 0.25) is 0 Å². The minimum absolute atomic E-state index is 0.00463. The van der Waals surface area contributed by atoms with Gasteiger partial charge >= 0.3 is 6.18 Å². The van der Waals surface area contributed by atoms with E-state index in [1.54, 1.807) is 0 Å². The van der Waals surface area contributed by atoms with Gasteiger partial charge in [0.05, 0.1) is 17.8 Å². The van der Waals surface area contributed by atoms with Crippen LogP contribution in [0, 0.1) is 0 Å². The lowest BCUT2D eigenvalue weighted by Crippen LogP contribution is -2.22. The Morgan fingerprint density at radius 3 is 2.73 bits per heavy atom. The van der Waals surface area contributed by atoms with E-state index in [2.05, 4.69) is 4.99 Å². The summed E-state index contributed by atoms with van der Waals surface area (Å²) in [5.41, 5.74) is -0.513. The smallest absolute Gasteiger partial charge is 0.287 e. The Morgan fingerprint density at radius 2 is 2.07 bits per heavy atom. The van der Waals surface area contributed by atoms with Crippen molar-refractivity contribution in [3.63, 3.8) is 0 Å². The molecular formula is C9H7F3N2O. The van der Waals surface area contributed by atoms with Crippen molar-refractivity contribution in [1.82, 2.24) is 5.06 Å². The van der Waals surface area contributed by atoms with Gasteiger partial charge in [-0.05, 0) is 12.1 Å². The van der Waals surface area contributed by atoms with Gasteiger partial charge in [0.15, 0.2) is 0 Å². The zero-order chi connectivity index (χ0) is 11.1. The van der Waals surface area contributed by atoms with E-state index < -0.39 is 11.7 Å². The molecule has 6 heteroatoms. The number of aliphatic imine (C=N–C) groups is 1. The molecule has 0 unspecified atom stereocenters. The Bertz CT molecular complexity index is 414. The number of hydrogen-bond acceptors (Lipinski definition) is 3. The van der Waals surface area contributed by atoms with E-state index in [0.29, 0.717) is 5.06 Å². The van der Waals surface area contributed by atoms with Crippen LogP contribution in [0.15, 0.2) is 23.2 Å². The third-order valence-corrected chi connectivity index (χ3v) is 2.11. The first-order chi connectivity index (χ1) is 6.98. The fourth-order valence-electron chi connectivity index (χ4n) is 1.46. The number of nitrogens with zero attached hydrogens (tertiary/aromatic N) is 2. The topological polar surface area (TPSA) is 35.8 Å². The summed E-state index contributed by atoms with van der Waals surface area (Å²) >= 11 is 0. The molecule has 0 aliphatic carbocycles. The molecular weight excluding hydrogens is 209 g/mol. The molecule has 0 fully saturated rings. The lowest BCUT2D eigenvalue weighted by molar-refractivity contribution is -0.139. The third kappa shape index (κ3) is 1.80. The molecule has 0 spiro atoms. The summed E-state index contributed by atoms with van der Waals surface area (Å²) in [7, 11) is 0. The summed E-state index contributed by atoms with van der Waals surface area (Å²) in [6, 6.07) is 3.76. The quantitative estimate of drug-likeness (QED) is 0.723. The molecule has 1 aliphatic rings. The first kappa shape index (κ1) is 9.97. The van der Waals surface area contributed by atoms with Crippen molar-refractivity contribution in [3.05, 3.63) is 29.3 Å². The van der Waals surface area contributed by atoms with Crippen LogP contribution in [0.3, 0.4) is 0 Å². The summed E-state index contributed by atoms with van der Waals surface area (Å²) in [5.74, 6) is 0. The van der Waals surface area contributed by atoms with Crippen molar-refractivity contribution in [1.29, 1.82) is 0 Å². The standard InChI is InChI=1S/C9H7F3N2O/c10-9(11,12)7-2-1-3-8-6(7)4-14(15)5-13-8/h1-3,5,15H,4H2. The zero-order valence-corrected chi connectivity index (χ0v) is 7.49. The van der Waals surface area contributed by atoms with Crippen LogP contribution >= 0.6 is 0 Å². The molecule has 15 heavy (non-hydrogen) atoms. The first-order valence-corrected chi connectivity index (χ1v) is 4.17. The number of halogens is 3. The van der Waals surface area contributed by atoms with Gasteiger partial charge in [-0.2, -0.15) is 13.2 Å². The lowest BCUT2D eigenvalue weighted by atomic mass is 10.0. The van der Waals surface area contributed by atoms with Crippen LogP contribution in [0.1, 0.15) is 11.1 Å². The number of hydrogen-bond donors (Lipinski definition) is 1. The highest BCUT2D eigenvalue weighted by Gasteiger charge is 2.35. The molecule has 80 valence electrons. The van der Waals surface area contributed by atoms with Crippen molar-refractivity contribution >= 4 is 12.0 Å². The minimum Gasteiger partial charge on any atom is -0.287 e. The van der Waals surface area contributed by atoms with Gasteiger partial charge in [-0.15, -0.1) is 0 Å². The molecule has 0 saturated heterocycles. The maximum Gasteiger partial charge on any atom is 0.416 e. The molecule has 1 N–H and O–H groups in total. The van der Waals surface area contributed by atoms with Gasteiger partial charge in [0.25, 0.3) is 0 Å². The average molecular weight is 216 g/mol. The number of fused-ring (bicyclic) bond motifs is 1. The van der Waals surface area contributed by atoms with Crippen LogP contribution in [0.25, 0.3) is 0 Å². The summed E-state index contributed by atoms with van der Waals surface area (Å²) in [6.07, 6.45) is -3.33. The van der Waals surface area contributed by atoms with Crippen molar-refractivity contribution in [3.8, 4) is 0 Å². The van der Waals surface area contributed by atoms with E-state index in [0.717, 1.165) is 12.4 Å². The highest BCUT2D eigenvalue weighted by molar-refractivity contribution is 5.67. The van der Waals surface area contributed by atoms with Gasteiger partial charge in [0.2, 0.25) is 0 Å². The van der Waals surface area contributed by atoms with Crippen LogP contribution in [0.4, 0.5) is 18.9 Å². The zero-order valence-electron chi connectivity index (χ0n) is 7.49. The van der Waals surface area contributed by atoms with Crippen molar-refractivity contribution < 1.29 is 18.4 Å². The molecule has 1 aromatic carbocycles. The Labute approximate surface area is 83.4 Å². The van der Waals surface area contributed by atoms with Crippen LogP contribution in [-0.4, -0.2) is 16.6 Å². The predicted molar refractivity (Wildman–Crippen MR) is 46.9 cm³/mol. The fourth-order valence-corrected chi connectivity index (χ4v) is 1.46. The monoisotopic (exact) mass is 216 g/mol. The number of hydroxylamine groups is 2. The number of rotatable bonds is 0. The van der Waals surface area contributed by atoms with Gasteiger partial charge in [-0.25, -0.2) is 10.1 Å². The van der Waals surface area contributed by atoms with Crippen LogP contribution < -0.4 is 0 Å². The Balaban J connectivity index is 2.55. The highest BCUT2D eigenvalue weighted by Crippen LogP contribution is 2.37. The van der Waals surface area contributed by atoms with E-state index in [4.69, 9.17) is 5.21 Å². The molecule has 0 aromatic heterocycles. The summed E-state index contributed by atoms with van der Waals surface area (Å²) in [5, 5.41) is 9.69. The molecule has 1 aromatic rings. The maximum atomic E-state index is 12.6. The van der Waals surface area contributed by atoms with Crippen molar-refractivity contribution in [2.75, 3.05) is 0 Å². The van der Waals surface area contributed by atoms with Gasteiger partial charge in [-0.3, -0.25) is 5.21 Å². The second-order valence-corrected chi connectivity index (χ2v) is 3.14. The van der Waals surface area contributed by atoms with Crippen molar-refractivity contribution in [2.45, 2.75) is 12.7 Å². The molecule has 1 heterocycles. The SMILES string of the molecule is ON1C=Nc2cccc(C(F)(F)F)c2C1. The van der Waals surface area contributed by atoms with E-state index in [9.17, 15) is 13.2 Å². The van der Waals surface area contributed by atoms with E-state index in [1.807, 2.05) is 0 Å². The lowest BCUT2D eigenvalue weighted by Gasteiger charge is -2.21. The third-order valence-electron chi connectivity index (χ3n) is 2.11. The van der Waals surface area contributed by atoms with E-state index in [-0.39, 0.29) is 17.8 Å². The molecule has 3 nitrogen and oxygen atoms in total. The molecule has 0 saturated carbocycles. The second-order valence-electron chi connectivity index (χ2n) is 3.14. The van der Waals surface area contributed by atoms with Gasteiger partial charge in [-0.1, -0.05) is 6.07 Å². The minimum atomic E-state index is -4.42. The number of alkyl halides is 3. The Kier molecular flexibility index (Phi) is 2.15. The second kappa shape index (κ2) is 3.23. The van der Waals surface area contributed by atoms with E-state index >= 15 is 0 Å². The largest absolute Gasteiger partial charge is 0.416 e. The average Bonchev–Trinajstić information content (AvgIpc) is 2.15. The number of benzene rings is 1. The van der Waals surface area contributed by atoms with Crippen LogP contribution in [-0.2, 0) is 12.7 Å². The van der Waals surface area contributed by atoms with E-state index in [1.165, 1.54) is 12.1 Å². The van der Waals surface area contributed by atoms with Gasteiger partial charge in [0.1, 0.15) is 6.34 Å². The molecule has 2 rings (SSSR count). The normalized spacial score (nSPS) is 15.3. The predicted octanol–water partition coefficient (Wildman–Crippen LogP) is 2.57. The Hall–Kier alpha value is -1.56. The summed E-state index contributed by atoms with van der Waals surface area (Å²) in [4.78, 5) is 3.70. The van der Waals surface area contributed by atoms with Gasteiger partial charge < -0.3 is 0 Å². The van der Waals surface area contributed by atoms with Gasteiger partial charge in [0, 0.05) is 5.56 Å². The molecule has 0 bridgehead atoms. The highest BCUT2D eigenvalue weighted by atomic mass is 19.4. The summed E-state index contributed by atoms with van der Waals surface area (Å²) in [6.45, 7) is -0.200. The molecule has 1 aliphatic heterocycles. The fraction of sp³-hybridized carbons (Fsp3) is 0.222. The molecule has 0 atom stereocenters. The van der Waals surface area contributed by atoms with Crippen LogP contribution in [0.5, 0.6) is 0 Å². The Morgan fingerprint density at radius 1 is 1.33 bits per heavy atom. The first-order valence-electron chi connectivity index (χ1n) is 4.17. The summed E-state index contributed by atoms with van der Waals surface area (Å²) < 4.78 is 37.7.